The molecule has 4 rings (SSSR count). The number of rotatable bonds is 2. The molecule has 3 aliphatic heterocycles. The lowest BCUT2D eigenvalue weighted by atomic mass is 9.94. The molecule has 3 heterocycles. The predicted octanol–water partition coefficient (Wildman–Crippen LogP) is 1.65. The van der Waals surface area contributed by atoms with Crippen LogP contribution in [0, 0.1) is 0 Å². The Morgan fingerprint density at radius 1 is 1.15 bits per heavy atom. The molecule has 1 aromatic rings. The van der Waals surface area contributed by atoms with Crippen molar-refractivity contribution in [3.8, 4) is 0 Å². The van der Waals surface area contributed by atoms with Gasteiger partial charge in [-0.1, -0.05) is 24.3 Å². The smallest absolute Gasteiger partial charge is 0.0452 e. The molecular weight excluding hydrogens is 246 g/mol. The molecule has 1 aromatic carbocycles. The molecule has 3 aliphatic rings. The highest BCUT2D eigenvalue weighted by molar-refractivity contribution is 5.32. The summed E-state index contributed by atoms with van der Waals surface area (Å²) in [6, 6.07) is 10.4. The van der Waals surface area contributed by atoms with E-state index in [1.54, 1.807) is 5.56 Å². The summed E-state index contributed by atoms with van der Waals surface area (Å²) >= 11 is 0. The average Bonchev–Trinajstić information content (AvgIpc) is 2.95. The van der Waals surface area contributed by atoms with Crippen LogP contribution in [0.2, 0.25) is 0 Å². The monoisotopic (exact) mass is 271 g/mol. The maximum absolute atomic E-state index is 3.73. The fraction of sp³-hybridized carbons (Fsp3) is 0.647. The molecule has 0 saturated carbocycles. The van der Waals surface area contributed by atoms with Crippen LogP contribution in [-0.4, -0.2) is 55.1 Å². The van der Waals surface area contributed by atoms with Crippen LogP contribution in [0.4, 0.5) is 0 Å². The van der Waals surface area contributed by atoms with Gasteiger partial charge in [-0.3, -0.25) is 9.80 Å². The lowest BCUT2D eigenvalue weighted by molar-refractivity contribution is 0.0957. The number of piperazine rings is 1. The Morgan fingerprint density at radius 2 is 2.10 bits per heavy atom. The van der Waals surface area contributed by atoms with Gasteiger partial charge in [-0.05, 0) is 43.5 Å². The molecule has 2 fully saturated rings. The maximum atomic E-state index is 3.73. The van der Waals surface area contributed by atoms with Crippen molar-refractivity contribution in [2.24, 2.45) is 0 Å². The van der Waals surface area contributed by atoms with Crippen LogP contribution in [0.3, 0.4) is 0 Å². The summed E-state index contributed by atoms with van der Waals surface area (Å²) < 4.78 is 0. The largest absolute Gasteiger partial charge is 0.309 e. The van der Waals surface area contributed by atoms with Gasteiger partial charge in [0.15, 0.2) is 0 Å². The minimum absolute atomic E-state index is 0.535. The summed E-state index contributed by atoms with van der Waals surface area (Å²) in [5.41, 5.74) is 3.09. The molecule has 20 heavy (non-hydrogen) atoms. The first-order valence-corrected chi connectivity index (χ1v) is 8.18. The second-order valence-corrected chi connectivity index (χ2v) is 6.55. The molecule has 2 unspecified atom stereocenters. The third kappa shape index (κ3) is 2.39. The molecule has 0 spiro atoms. The molecule has 3 nitrogen and oxygen atoms in total. The third-order valence-corrected chi connectivity index (χ3v) is 5.33. The lowest BCUT2D eigenvalue weighted by Gasteiger charge is -2.40. The molecule has 2 saturated heterocycles. The van der Waals surface area contributed by atoms with E-state index in [1.165, 1.54) is 57.5 Å². The molecule has 0 radical (unpaired) electrons. The van der Waals surface area contributed by atoms with E-state index < -0.39 is 0 Å². The first-order valence-electron chi connectivity index (χ1n) is 8.18. The predicted molar refractivity (Wildman–Crippen MR) is 81.9 cm³/mol. The van der Waals surface area contributed by atoms with Crippen LogP contribution in [0.15, 0.2) is 24.3 Å². The quantitative estimate of drug-likeness (QED) is 0.882. The number of fused-ring (bicyclic) bond motifs is 2. The molecule has 0 amide bonds. The number of hydrogen-bond acceptors (Lipinski definition) is 3. The highest BCUT2D eigenvalue weighted by Crippen LogP contribution is 2.26. The van der Waals surface area contributed by atoms with Gasteiger partial charge in [-0.25, -0.2) is 0 Å². The normalized spacial score (nSPS) is 31.0. The second kappa shape index (κ2) is 5.47. The second-order valence-electron chi connectivity index (χ2n) is 6.55. The summed E-state index contributed by atoms with van der Waals surface area (Å²) in [4.78, 5) is 5.38. The van der Waals surface area contributed by atoms with E-state index in [9.17, 15) is 0 Å². The fourth-order valence-corrected chi connectivity index (χ4v) is 4.24. The minimum Gasteiger partial charge on any atom is -0.309 e. The van der Waals surface area contributed by atoms with E-state index in [4.69, 9.17) is 0 Å². The van der Waals surface area contributed by atoms with Crippen LogP contribution in [0.25, 0.3) is 0 Å². The Bertz CT molecular complexity index is 473. The summed E-state index contributed by atoms with van der Waals surface area (Å²) in [6.45, 7) is 7.45. The van der Waals surface area contributed by atoms with Crippen LogP contribution in [0.1, 0.15) is 30.0 Å². The summed E-state index contributed by atoms with van der Waals surface area (Å²) in [7, 11) is 0. The van der Waals surface area contributed by atoms with Gasteiger partial charge in [0.25, 0.3) is 0 Å². The summed E-state index contributed by atoms with van der Waals surface area (Å²) in [5.74, 6) is 0. The van der Waals surface area contributed by atoms with E-state index in [-0.39, 0.29) is 0 Å². The van der Waals surface area contributed by atoms with Crippen molar-refractivity contribution in [3.05, 3.63) is 35.4 Å². The van der Waals surface area contributed by atoms with Crippen molar-refractivity contribution in [2.45, 2.75) is 31.3 Å². The van der Waals surface area contributed by atoms with Crippen LogP contribution in [-0.2, 0) is 6.42 Å². The van der Waals surface area contributed by atoms with Gasteiger partial charge >= 0.3 is 0 Å². The van der Waals surface area contributed by atoms with Gasteiger partial charge < -0.3 is 5.32 Å². The Labute approximate surface area is 121 Å². The molecular formula is C17H25N3. The zero-order chi connectivity index (χ0) is 13.4. The van der Waals surface area contributed by atoms with Gasteiger partial charge in [0.1, 0.15) is 0 Å². The number of benzene rings is 1. The fourth-order valence-electron chi connectivity index (χ4n) is 4.24. The van der Waals surface area contributed by atoms with Crippen molar-refractivity contribution >= 4 is 0 Å². The molecule has 0 aliphatic carbocycles. The first-order chi connectivity index (χ1) is 9.90. The van der Waals surface area contributed by atoms with E-state index in [2.05, 4.69) is 39.4 Å². The van der Waals surface area contributed by atoms with Crippen LogP contribution >= 0.6 is 0 Å². The zero-order valence-corrected chi connectivity index (χ0v) is 12.2. The highest BCUT2D eigenvalue weighted by atomic mass is 15.3. The Morgan fingerprint density at radius 3 is 3.10 bits per heavy atom. The van der Waals surface area contributed by atoms with Crippen molar-refractivity contribution < 1.29 is 0 Å². The van der Waals surface area contributed by atoms with Crippen molar-refractivity contribution in [1.29, 1.82) is 0 Å². The van der Waals surface area contributed by atoms with Gasteiger partial charge in [-0.15, -0.1) is 0 Å². The third-order valence-electron chi connectivity index (χ3n) is 5.33. The molecule has 0 bridgehead atoms. The zero-order valence-electron chi connectivity index (χ0n) is 12.2. The Kier molecular flexibility index (Phi) is 3.51. The summed E-state index contributed by atoms with van der Waals surface area (Å²) in [6.07, 6.45) is 4.00. The molecule has 0 aromatic heterocycles. The van der Waals surface area contributed by atoms with E-state index >= 15 is 0 Å². The van der Waals surface area contributed by atoms with Gasteiger partial charge in [0.05, 0.1) is 0 Å². The van der Waals surface area contributed by atoms with Crippen molar-refractivity contribution in [3.63, 3.8) is 0 Å². The van der Waals surface area contributed by atoms with Crippen LogP contribution in [0.5, 0.6) is 0 Å². The number of hydrogen-bond donors (Lipinski definition) is 1. The first kappa shape index (κ1) is 12.8. The van der Waals surface area contributed by atoms with Gasteiger partial charge in [0, 0.05) is 38.3 Å². The SMILES string of the molecule is c1ccc2c(c1)CCNC2CN1CCN2CCCC2C1. The topological polar surface area (TPSA) is 18.5 Å². The molecule has 1 N–H and O–H groups in total. The van der Waals surface area contributed by atoms with Gasteiger partial charge in [-0.2, -0.15) is 0 Å². The van der Waals surface area contributed by atoms with E-state index in [1.807, 2.05) is 0 Å². The van der Waals surface area contributed by atoms with Crippen LogP contribution < -0.4 is 5.32 Å². The molecule has 108 valence electrons. The Balaban J connectivity index is 1.45. The van der Waals surface area contributed by atoms with E-state index in [0.717, 1.165) is 12.6 Å². The van der Waals surface area contributed by atoms with Crippen molar-refractivity contribution in [1.82, 2.24) is 15.1 Å². The van der Waals surface area contributed by atoms with Gasteiger partial charge in [0.2, 0.25) is 0 Å². The minimum atomic E-state index is 0.535. The average molecular weight is 271 g/mol. The van der Waals surface area contributed by atoms with Crippen molar-refractivity contribution in [2.75, 3.05) is 39.3 Å². The standard InChI is InChI=1S/C17H25N3/c1-2-6-16-14(4-1)7-8-18-17(16)13-19-10-11-20-9-3-5-15(20)12-19/h1-2,4,6,15,17-18H,3,5,7-13H2. The molecule has 2 atom stereocenters. The lowest BCUT2D eigenvalue weighted by Crippen LogP contribution is -2.52. The Hall–Kier alpha value is -0.900. The molecule has 3 heteroatoms. The van der Waals surface area contributed by atoms with E-state index in [0.29, 0.717) is 6.04 Å². The summed E-state index contributed by atoms with van der Waals surface area (Å²) in [5, 5.41) is 3.73. The maximum Gasteiger partial charge on any atom is 0.0452 e. The number of nitrogens with zero attached hydrogens (tertiary/aromatic N) is 2. The number of nitrogens with one attached hydrogen (secondary N) is 1. The highest BCUT2D eigenvalue weighted by Gasteiger charge is 2.32.